The Labute approximate surface area is 112 Å². The summed E-state index contributed by atoms with van der Waals surface area (Å²) in [6.07, 6.45) is 1.68. The van der Waals surface area contributed by atoms with Gasteiger partial charge in [-0.3, -0.25) is 14.6 Å². The van der Waals surface area contributed by atoms with E-state index in [1.165, 1.54) is 14.0 Å². The summed E-state index contributed by atoms with van der Waals surface area (Å²) >= 11 is 0. The van der Waals surface area contributed by atoms with Gasteiger partial charge in [0.25, 0.3) is 0 Å². The average Bonchev–Trinajstić information content (AvgIpc) is 2.80. The molecule has 0 aromatic carbocycles. The first-order valence-electron chi connectivity index (χ1n) is 6.32. The van der Waals surface area contributed by atoms with Crippen LogP contribution in [0.2, 0.25) is 0 Å². The highest BCUT2D eigenvalue weighted by atomic mass is 16.5. The second kappa shape index (κ2) is 5.38. The van der Waals surface area contributed by atoms with Crippen molar-refractivity contribution in [3.05, 3.63) is 24.0 Å². The molecule has 0 spiro atoms. The molecule has 1 saturated heterocycles. The lowest BCUT2D eigenvalue weighted by molar-refractivity contribution is -0.145. The fraction of sp³-hybridized carbons (Fsp3) is 0.500. The molecular weight excluding hydrogens is 244 g/mol. The molecule has 2 rings (SSSR count). The average molecular weight is 262 g/mol. The Balaban J connectivity index is 2.11. The van der Waals surface area contributed by atoms with Gasteiger partial charge >= 0.3 is 5.97 Å². The van der Waals surface area contributed by atoms with Crippen molar-refractivity contribution in [3.8, 4) is 0 Å². The van der Waals surface area contributed by atoms with Crippen LogP contribution in [0.1, 0.15) is 24.3 Å². The lowest BCUT2D eigenvalue weighted by atomic mass is 9.99. The fourth-order valence-electron chi connectivity index (χ4n) is 2.42. The van der Waals surface area contributed by atoms with Gasteiger partial charge in [-0.1, -0.05) is 6.92 Å². The summed E-state index contributed by atoms with van der Waals surface area (Å²) in [4.78, 5) is 29.0. The number of aromatic nitrogens is 1. The van der Waals surface area contributed by atoms with E-state index in [1.807, 2.05) is 13.0 Å². The SMILES string of the molecule is COC(=O)C1CN(c2ccc(C(C)=O)nc2)CC1C. The quantitative estimate of drug-likeness (QED) is 0.610. The predicted molar refractivity (Wildman–Crippen MR) is 71.1 cm³/mol. The van der Waals surface area contributed by atoms with Crippen molar-refractivity contribution in [3.63, 3.8) is 0 Å². The highest BCUT2D eigenvalue weighted by Gasteiger charge is 2.35. The normalized spacial score (nSPS) is 22.4. The number of pyridine rings is 1. The maximum absolute atomic E-state index is 11.6. The van der Waals surface area contributed by atoms with Crippen LogP contribution in [0.3, 0.4) is 0 Å². The first-order chi connectivity index (χ1) is 9.02. The number of carbonyl (C=O) groups excluding carboxylic acids is 2. The standard InChI is InChI=1S/C14H18N2O3/c1-9-7-16(8-12(9)14(18)19-3)11-4-5-13(10(2)17)15-6-11/h4-6,9,12H,7-8H2,1-3H3. The van der Waals surface area contributed by atoms with Gasteiger partial charge in [0.2, 0.25) is 0 Å². The first kappa shape index (κ1) is 13.5. The van der Waals surface area contributed by atoms with Gasteiger partial charge in [-0.25, -0.2) is 0 Å². The molecule has 2 unspecified atom stereocenters. The molecule has 0 aliphatic carbocycles. The molecule has 0 amide bonds. The van der Waals surface area contributed by atoms with Crippen molar-refractivity contribution in [2.75, 3.05) is 25.1 Å². The van der Waals surface area contributed by atoms with Gasteiger partial charge in [0, 0.05) is 20.0 Å². The third-order valence-corrected chi connectivity index (χ3v) is 3.59. The Bertz CT molecular complexity index is 484. The van der Waals surface area contributed by atoms with E-state index < -0.39 is 0 Å². The molecule has 2 heterocycles. The molecule has 102 valence electrons. The summed E-state index contributed by atoms with van der Waals surface area (Å²) in [6.45, 7) is 4.96. The molecule has 0 saturated carbocycles. The zero-order valence-corrected chi connectivity index (χ0v) is 11.4. The number of hydrogen-bond donors (Lipinski definition) is 0. The number of rotatable bonds is 3. The van der Waals surface area contributed by atoms with Crippen LogP contribution in [-0.4, -0.2) is 36.9 Å². The third kappa shape index (κ3) is 2.75. The van der Waals surface area contributed by atoms with E-state index in [0.717, 1.165) is 12.2 Å². The second-order valence-corrected chi connectivity index (χ2v) is 4.97. The highest BCUT2D eigenvalue weighted by molar-refractivity contribution is 5.92. The summed E-state index contributed by atoms with van der Waals surface area (Å²) in [5, 5.41) is 0. The molecule has 5 heteroatoms. The molecule has 1 aliphatic rings. The van der Waals surface area contributed by atoms with Crippen LogP contribution in [-0.2, 0) is 9.53 Å². The van der Waals surface area contributed by atoms with Crippen molar-refractivity contribution < 1.29 is 14.3 Å². The van der Waals surface area contributed by atoms with Crippen LogP contribution in [0.4, 0.5) is 5.69 Å². The molecule has 0 bridgehead atoms. The Morgan fingerprint density at radius 3 is 2.63 bits per heavy atom. The maximum Gasteiger partial charge on any atom is 0.310 e. The number of nitrogens with zero attached hydrogens (tertiary/aromatic N) is 2. The molecule has 1 aromatic heterocycles. The van der Waals surface area contributed by atoms with Gasteiger partial charge in [0.15, 0.2) is 5.78 Å². The minimum atomic E-state index is -0.164. The Kier molecular flexibility index (Phi) is 3.83. The highest BCUT2D eigenvalue weighted by Crippen LogP contribution is 2.28. The zero-order valence-electron chi connectivity index (χ0n) is 11.4. The van der Waals surface area contributed by atoms with E-state index in [0.29, 0.717) is 12.2 Å². The number of Topliss-reactive ketones (excluding diaryl/α,β-unsaturated/α-hetero) is 1. The van der Waals surface area contributed by atoms with Crippen LogP contribution in [0, 0.1) is 11.8 Å². The van der Waals surface area contributed by atoms with E-state index in [1.54, 1.807) is 12.3 Å². The number of esters is 1. The van der Waals surface area contributed by atoms with Gasteiger partial charge < -0.3 is 9.64 Å². The van der Waals surface area contributed by atoms with Crippen molar-refractivity contribution in [2.24, 2.45) is 11.8 Å². The summed E-state index contributed by atoms with van der Waals surface area (Å²) in [5.41, 5.74) is 1.39. The molecule has 1 aliphatic heterocycles. The molecule has 2 atom stereocenters. The Hall–Kier alpha value is -1.91. The molecule has 0 radical (unpaired) electrons. The largest absolute Gasteiger partial charge is 0.469 e. The number of anilines is 1. The summed E-state index contributed by atoms with van der Waals surface area (Å²) < 4.78 is 4.81. The van der Waals surface area contributed by atoms with Crippen LogP contribution in [0.5, 0.6) is 0 Å². The molecule has 1 fully saturated rings. The maximum atomic E-state index is 11.6. The van der Waals surface area contributed by atoms with Gasteiger partial charge in [-0.05, 0) is 18.1 Å². The predicted octanol–water partition coefficient (Wildman–Crippen LogP) is 1.53. The smallest absolute Gasteiger partial charge is 0.310 e. The molecule has 1 aromatic rings. The Morgan fingerprint density at radius 2 is 2.11 bits per heavy atom. The van der Waals surface area contributed by atoms with Crippen molar-refractivity contribution >= 4 is 17.4 Å². The van der Waals surface area contributed by atoms with E-state index in [9.17, 15) is 9.59 Å². The monoisotopic (exact) mass is 262 g/mol. The van der Waals surface area contributed by atoms with Gasteiger partial charge in [0.1, 0.15) is 5.69 Å². The second-order valence-electron chi connectivity index (χ2n) is 4.97. The molecule has 5 nitrogen and oxygen atoms in total. The molecule has 0 N–H and O–H groups in total. The summed E-state index contributed by atoms with van der Waals surface area (Å²) in [5.74, 6) is -0.0606. The Morgan fingerprint density at radius 1 is 1.37 bits per heavy atom. The number of carbonyl (C=O) groups is 2. The minimum absolute atomic E-state index is 0.0474. The number of ketones is 1. The lowest BCUT2D eigenvalue weighted by Crippen LogP contribution is -2.24. The number of ether oxygens (including phenoxy) is 1. The molecular formula is C14H18N2O3. The topological polar surface area (TPSA) is 59.5 Å². The van der Waals surface area contributed by atoms with Crippen LogP contribution >= 0.6 is 0 Å². The zero-order chi connectivity index (χ0) is 14.0. The number of methoxy groups -OCH3 is 1. The summed E-state index contributed by atoms with van der Waals surface area (Å²) in [6, 6.07) is 3.59. The minimum Gasteiger partial charge on any atom is -0.469 e. The van der Waals surface area contributed by atoms with Crippen molar-refractivity contribution in [1.29, 1.82) is 0 Å². The van der Waals surface area contributed by atoms with Crippen LogP contribution in [0.15, 0.2) is 18.3 Å². The molecule has 19 heavy (non-hydrogen) atoms. The van der Waals surface area contributed by atoms with Crippen molar-refractivity contribution in [2.45, 2.75) is 13.8 Å². The third-order valence-electron chi connectivity index (χ3n) is 3.59. The van der Waals surface area contributed by atoms with E-state index in [2.05, 4.69) is 9.88 Å². The van der Waals surface area contributed by atoms with E-state index in [-0.39, 0.29) is 23.6 Å². The summed E-state index contributed by atoms with van der Waals surface area (Å²) in [7, 11) is 1.42. The lowest BCUT2D eigenvalue weighted by Gasteiger charge is -2.17. The van der Waals surface area contributed by atoms with Gasteiger partial charge in [-0.2, -0.15) is 0 Å². The number of hydrogen-bond acceptors (Lipinski definition) is 5. The van der Waals surface area contributed by atoms with Crippen LogP contribution < -0.4 is 4.90 Å². The van der Waals surface area contributed by atoms with Crippen molar-refractivity contribution in [1.82, 2.24) is 4.98 Å². The van der Waals surface area contributed by atoms with E-state index in [4.69, 9.17) is 4.74 Å². The fourth-order valence-corrected chi connectivity index (χ4v) is 2.42. The van der Waals surface area contributed by atoms with Crippen LogP contribution in [0.25, 0.3) is 0 Å². The van der Waals surface area contributed by atoms with Gasteiger partial charge in [0.05, 0.1) is 24.9 Å². The van der Waals surface area contributed by atoms with E-state index >= 15 is 0 Å². The first-order valence-corrected chi connectivity index (χ1v) is 6.32. The van der Waals surface area contributed by atoms with Gasteiger partial charge in [-0.15, -0.1) is 0 Å².